The molecule has 2 aromatic carbocycles. The Kier molecular flexibility index (Phi) is 5.81. The maximum Gasteiger partial charge on any atom is 0.421 e. The third kappa shape index (κ3) is 4.27. The molecule has 0 saturated carbocycles. The first kappa shape index (κ1) is 22.7. The molecule has 2 aromatic heterocycles. The van der Waals surface area contributed by atoms with Crippen LogP contribution in [0.15, 0.2) is 54.7 Å². The van der Waals surface area contributed by atoms with Gasteiger partial charge in [0.1, 0.15) is 11.3 Å². The second kappa shape index (κ2) is 8.45. The summed E-state index contributed by atoms with van der Waals surface area (Å²) < 4.78 is 52.8. The second-order valence-corrected chi connectivity index (χ2v) is 7.55. The molecule has 0 bridgehead atoms. The molecular weight excluding hydrogens is 486 g/mol. The van der Waals surface area contributed by atoms with Gasteiger partial charge in [0.15, 0.2) is 11.5 Å². The molecule has 4 aromatic rings. The predicted octanol–water partition coefficient (Wildman–Crippen LogP) is 5.96. The topological polar surface area (TPSA) is 74.8 Å². The molecule has 170 valence electrons. The van der Waals surface area contributed by atoms with Crippen LogP contribution >= 0.6 is 23.2 Å². The molecule has 0 amide bonds. The molecule has 12 heteroatoms. The molecule has 4 rings (SSSR count). The molecule has 0 unspecified atom stereocenters. The Bertz CT molecular complexity index is 1360. The van der Waals surface area contributed by atoms with Crippen molar-refractivity contribution in [2.45, 2.75) is 6.18 Å². The number of para-hydroxylation sites is 1. The van der Waals surface area contributed by atoms with Crippen LogP contribution in [0.5, 0.6) is 5.75 Å². The maximum atomic E-state index is 13.8. The fourth-order valence-corrected chi connectivity index (χ4v) is 3.74. The van der Waals surface area contributed by atoms with Crippen LogP contribution in [-0.4, -0.2) is 33.4 Å². The number of carbonyl (C=O) groups excluding carboxylic acids is 2. The van der Waals surface area contributed by atoms with E-state index in [1.807, 2.05) is 0 Å². The number of nitrogens with zero attached hydrogens (tertiary/aromatic N) is 3. The van der Waals surface area contributed by atoms with E-state index in [2.05, 4.69) is 5.10 Å². The highest BCUT2D eigenvalue weighted by Crippen LogP contribution is 2.37. The lowest BCUT2D eigenvalue weighted by Gasteiger charge is -2.11. The third-order valence-electron chi connectivity index (χ3n) is 4.53. The number of alkyl halides is 3. The number of rotatable bonds is 3. The number of carbonyl (C=O) groups is 2. The average Bonchev–Trinajstić information content (AvgIpc) is 3.29. The first-order valence-electron chi connectivity index (χ1n) is 9.13. The fraction of sp³-hybridized carbons (Fsp3) is 0.0952. The zero-order chi connectivity index (χ0) is 23.9. The van der Waals surface area contributed by atoms with Crippen LogP contribution in [0, 0.1) is 0 Å². The quantitative estimate of drug-likeness (QED) is 0.257. The summed E-state index contributed by atoms with van der Waals surface area (Å²) in [7, 11) is 1.03. The van der Waals surface area contributed by atoms with Crippen molar-refractivity contribution in [1.29, 1.82) is 0 Å². The van der Waals surface area contributed by atoms with Gasteiger partial charge >= 0.3 is 18.2 Å². The second-order valence-electron chi connectivity index (χ2n) is 6.67. The molecule has 7 nitrogen and oxygen atoms in total. The zero-order valence-corrected chi connectivity index (χ0v) is 18.1. The summed E-state index contributed by atoms with van der Waals surface area (Å²) in [5.74, 6) is -1.47. The number of ether oxygens (including phenoxy) is 2. The Morgan fingerprint density at radius 1 is 1.03 bits per heavy atom. The predicted molar refractivity (Wildman–Crippen MR) is 113 cm³/mol. The van der Waals surface area contributed by atoms with Crippen LogP contribution in [0.25, 0.3) is 17.0 Å². The highest BCUT2D eigenvalue weighted by Gasteiger charge is 2.41. The average molecular weight is 498 g/mol. The largest absolute Gasteiger partial charge is 0.452 e. The Morgan fingerprint density at radius 2 is 1.67 bits per heavy atom. The van der Waals surface area contributed by atoms with E-state index in [1.165, 1.54) is 30.3 Å². The number of methoxy groups -OCH3 is 1. The SMILES string of the molecule is COC(=O)n1c(-c2cc(Cl)cc(Cl)c2)nn2cc(C(F)(F)F)c(C(=O)Oc3ccccc3)c12. The van der Waals surface area contributed by atoms with Gasteiger partial charge in [0.05, 0.1) is 12.7 Å². The Hall–Kier alpha value is -3.50. The summed E-state index contributed by atoms with van der Waals surface area (Å²) in [6.45, 7) is 0. The molecule has 0 aliphatic rings. The van der Waals surface area contributed by atoms with Crippen molar-refractivity contribution < 1.29 is 32.2 Å². The van der Waals surface area contributed by atoms with Gasteiger partial charge in [0, 0.05) is 21.8 Å². The number of aromatic nitrogens is 3. The van der Waals surface area contributed by atoms with E-state index in [0.717, 1.165) is 16.2 Å². The van der Waals surface area contributed by atoms with Gasteiger partial charge in [0.25, 0.3) is 0 Å². The lowest BCUT2D eigenvalue weighted by Crippen LogP contribution is -2.19. The summed E-state index contributed by atoms with van der Waals surface area (Å²) in [6.07, 6.45) is -5.45. The van der Waals surface area contributed by atoms with Gasteiger partial charge in [-0.25, -0.2) is 18.7 Å². The molecule has 0 aliphatic heterocycles. The Labute approximate surface area is 193 Å². The normalized spacial score (nSPS) is 11.6. The minimum absolute atomic E-state index is 0.0148. The minimum atomic E-state index is -4.95. The van der Waals surface area contributed by atoms with Gasteiger partial charge in [0.2, 0.25) is 0 Å². The smallest absolute Gasteiger partial charge is 0.421 e. The van der Waals surface area contributed by atoms with E-state index < -0.39 is 35.0 Å². The van der Waals surface area contributed by atoms with Gasteiger partial charge in [-0.05, 0) is 30.3 Å². The summed E-state index contributed by atoms with van der Waals surface area (Å²) in [5, 5.41) is 4.46. The maximum absolute atomic E-state index is 13.8. The van der Waals surface area contributed by atoms with Gasteiger partial charge < -0.3 is 9.47 Å². The van der Waals surface area contributed by atoms with Crippen molar-refractivity contribution in [2.24, 2.45) is 0 Å². The van der Waals surface area contributed by atoms with Crippen LogP contribution in [0.2, 0.25) is 10.0 Å². The van der Waals surface area contributed by atoms with E-state index >= 15 is 0 Å². The monoisotopic (exact) mass is 497 g/mol. The molecule has 0 N–H and O–H groups in total. The molecule has 0 radical (unpaired) electrons. The molecular formula is C21H12Cl2F3N3O4. The van der Waals surface area contributed by atoms with Crippen molar-refractivity contribution in [1.82, 2.24) is 14.2 Å². The third-order valence-corrected chi connectivity index (χ3v) is 4.97. The zero-order valence-electron chi connectivity index (χ0n) is 16.6. The Balaban J connectivity index is 2.01. The highest BCUT2D eigenvalue weighted by atomic mass is 35.5. The summed E-state index contributed by atoms with van der Waals surface area (Å²) in [4.78, 5) is 25.5. The number of benzene rings is 2. The number of hydrogen-bond donors (Lipinski definition) is 0. The van der Waals surface area contributed by atoms with Crippen LogP contribution in [-0.2, 0) is 10.9 Å². The van der Waals surface area contributed by atoms with Crippen LogP contribution in [0.4, 0.5) is 18.0 Å². The lowest BCUT2D eigenvalue weighted by atomic mass is 10.1. The van der Waals surface area contributed by atoms with E-state index in [4.69, 9.17) is 32.7 Å². The number of esters is 1. The van der Waals surface area contributed by atoms with E-state index in [1.54, 1.807) is 18.2 Å². The molecule has 0 atom stereocenters. The molecule has 0 aliphatic carbocycles. The van der Waals surface area contributed by atoms with Gasteiger partial charge in [-0.1, -0.05) is 41.4 Å². The summed E-state index contributed by atoms with van der Waals surface area (Å²) in [6, 6.07) is 11.8. The molecule has 0 saturated heterocycles. The van der Waals surface area contributed by atoms with Gasteiger partial charge in [-0.3, -0.25) is 0 Å². The van der Waals surface area contributed by atoms with Gasteiger partial charge in [-0.15, -0.1) is 5.10 Å². The fourth-order valence-electron chi connectivity index (χ4n) is 3.22. The molecule has 2 heterocycles. The molecule has 0 spiro atoms. The Morgan fingerprint density at radius 3 is 2.24 bits per heavy atom. The van der Waals surface area contributed by atoms with Crippen molar-refractivity contribution in [2.75, 3.05) is 7.11 Å². The van der Waals surface area contributed by atoms with Crippen molar-refractivity contribution in [3.63, 3.8) is 0 Å². The lowest BCUT2D eigenvalue weighted by molar-refractivity contribution is -0.138. The van der Waals surface area contributed by atoms with Crippen molar-refractivity contribution in [3.8, 4) is 17.1 Å². The summed E-state index contributed by atoms with van der Waals surface area (Å²) >= 11 is 12.1. The highest BCUT2D eigenvalue weighted by molar-refractivity contribution is 6.35. The number of hydrogen-bond acceptors (Lipinski definition) is 5. The van der Waals surface area contributed by atoms with Crippen LogP contribution in [0.3, 0.4) is 0 Å². The number of halogens is 5. The van der Waals surface area contributed by atoms with Crippen LogP contribution in [0.1, 0.15) is 15.9 Å². The molecule has 33 heavy (non-hydrogen) atoms. The van der Waals surface area contributed by atoms with Crippen molar-refractivity contribution in [3.05, 3.63) is 75.9 Å². The first-order valence-corrected chi connectivity index (χ1v) is 9.89. The van der Waals surface area contributed by atoms with E-state index in [9.17, 15) is 22.8 Å². The number of fused-ring (bicyclic) bond motifs is 1. The standard InChI is InChI=1S/C21H12Cl2F3N3O4/c1-32-20(31)29-17(11-7-12(22)9-13(23)8-11)27-28-10-15(21(24,25)26)16(18(28)29)19(30)33-14-5-3-2-4-6-14/h2-10H,1H3. The first-order chi connectivity index (χ1) is 15.6. The minimum Gasteiger partial charge on any atom is -0.452 e. The van der Waals surface area contributed by atoms with Crippen LogP contribution < -0.4 is 4.74 Å². The van der Waals surface area contributed by atoms with E-state index in [0.29, 0.717) is 6.20 Å². The summed E-state index contributed by atoms with van der Waals surface area (Å²) in [5.41, 5.74) is -2.54. The molecule has 0 fully saturated rings. The van der Waals surface area contributed by atoms with Crippen molar-refractivity contribution >= 4 is 40.9 Å². The van der Waals surface area contributed by atoms with E-state index in [-0.39, 0.29) is 27.2 Å². The van der Waals surface area contributed by atoms with Gasteiger partial charge in [-0.2, -0.15) is 13.2 Å².